The Balaban J connectivity index is 1.89. The fourth-order valence-corrected chi connectivity index (χ4v) is 3.92. The molecule has 140 valence electrons. The zero-order chi connectivity index (χ0) is 19.3. The predicted octanol–water partition coefficient (Wildman–Crippen LogP) is 3.14. The van der Waals surface area contributed by atoms with Gasteiger partial charge in [-0.2, -0.15) is 0 Å². The molecule has 2 rings (SSSR count). The number of benzene rings is 2. The average molecular weight is 375 g/mol. The zero-order valence-electron chi connectivity index (χ0n) is 15.7. The molecule has 0 heterocycles. The van der Waals surface area contributed by atoms with Gasteiger partial charge in [0.15, 0.2) is 0 Å². The second-order valence-corrected chi connectivity index (χ2v) is 8.43. The molecule has 0 fully saturated rings. The normalized spacial score (nSPS) is 11.6. The smallest absolute Gasteiger partial charge is 0.251 e. The van der Waals surface area contributed by atoms with Crippen LogP contribution in [0.15, 0.2) is 47.4 Å². The molecule has 2 N–H and O–H groups in total. The first kappa shape index (κ1) is 20.1. The van der Waals surface area contributed by atoms with Crippen LogP contribution in [-0.4, -0.2) is 27.4 Å². The Kier molecular flexibility index (Phi) is 6.56. The van der Waals surface area contributed by atoms with E-state index in [1.165, 1.54) is 5.56 Å². The molecule has 0 bridgehead atoms. The third-order valence-electron chi connectivity index (χ3n) is 4.18. The lowest BCUT2D eigenvalue weighted by atomic mass is 10.0. The lowest BCUT2D eigenvalue weighted by molar-refractivity contribution is 0.0954. The summed E-state index contributed by atoms with van der Waals surface area (Å²) >= 11 is 0. The number of carbonyl (C=O) groups is 1. The first-order chi connectivity index (χ1) is 12.2. The molecule has 0 aromatic heterocycles. The van der Waals surface area contributed by atoms with E-state index in [4.69, 9.17) is 0 Å². The number of sulfonamides is 1. The maximum absolute atomic E-state index is 12.4. The Hall–Kier alpha value is -2.18. The molecule has 0 unspecified atom stereocenters. The highest BCUT2D eigenvalue weighted by Crippen LogP contribution is 2.16. The van der Waals surface area contributed by atoms with Crippen LogP contribution in [0, 0.1) is 13.8 Å². The van der Waals surface area contributed by atoms with Crippen LogP contribution in [0.2, 0.25) is 0 Å². The van der Waals surface area contributed by atoms with Crippen molar-refractivity contribution in [1.82, 2.24) is 10.0 Å². The van der Waals surface area contributed by atoms with Gasteiger partial charge in [0.2, 0.25) is 10.0 Å². The highest BCUT2D eigenvalue weighted by Gasteiger charge is 2.16. The van der Waals surface area contributed by atoms with Crippen molar-refractivity contribution in [3.05, 3.63) is 64.7 Å². The van der Waals surface area contributed by atoms with Crippen LogP contribution in [0.5, 0.6) is 0 Å². The zero-order valence-corrected chi connectivity index (χ0v) is 16.5. The molecule has 0 spiro atoms. The fraction of sp³-hybridized carbons (Fsp3) is 0.350. The van der Waals surface area contributed by atoms with Crippen molar-refractivity contribution in [2.45, 2.75) is 38.5 Å². The van der Waals surface area contributed by atoms with Crippen LogP contribution >= 0.6 is 0 Å². The van der Waals surface area contributed by atoms with E-state index in [1.54, 1.807) is 31.2 Å². The third kappa shape index (κ3) is 5.16. The summed E-state index contributed by atoms with van der Waals surface area (Å²) in [5.41, 5.74) is 3.31. The minimum Gasteiger partial charge on any atom is -0.351 e. The van der Waals surface area contributed by atoms with E-state index in [-0.39, 0.29) is 23.9 Å². The van der Waals surface area contributed by atoms with E-state index in [0.717, 1.165) is 5.56 Å². The number of rotatable bonds is 7. The molecule has 0 atom stereocenters. The third-order valence-corrected chi connectivity index (χ3v) is 5.78. The first-order valence-corrected chi connectivity index (χ1v) is 10.1. The largest absolute Gasteiger partial charge is 0.351 e. The summed E-state index contributed by atoms with van der Waals surface area (Å²) in [5, 5.41) is 2.73. The molecule has 6 heteroatoms. The van der Waals surface area contributed by atoms with Crippen LogP contribution in [0.25, 0.3) is 0 Å². The summed E-state index contributed by atoms with van der Waals surface area (Å²) in [6, 6.07) is 12.7. The second kappa shape index (κ2) is 8.47. The molecule has 0 aliphatic heterocycles. The lowest BCUT2D eigenvalue weighted by Crippen LogP contribution is -2.35. The molecule has 2 aromatic carbocycles. The second-order valence-electron chi connectivity index (χ2n) is 6.70. The fourth-order valence-electron chi connectivity index (χ4n) is 2.56. The monoisotopic (exact) mass is 374 g/mol. The predicted molar refractivity (Wildman–Crippen MR) is 104 cm³/mol. The SMILES string of the molecule is Cc1ccc(C)c(S(=O)(=O)NCCNC(=O)c2ccc(C(C)C)cc2)c1. The van der Waals surface area contributed by atoms with Gasteiger partial charge in [-0.25, -0.2) is 13.1 Å². The van der Waals surface area contributed by atoms with Gasteiger partial charge in [-0.1, -0.05) is 38.1 Å². The summed E-state index contributed by atoms with van der Waals surface area (Å²) in [7, 11) is -3.59. The number of hydrogen-bond donors (Lipinski definition) is 2. The van der Waals surface area contributed by atoms with E-state index in [1.807, 2.05) is 25.1 Å². The summed E-state index contributed by atoms with van der Waals surface area (Å²) in [6.45, 7) is 8.15. The molecule has 1 amide bonds. The topological polar surface area (TPSA) is 75.3 Å². The molecule has 0 radical (unpaired) electrons. The van der Waals surface area contributed by atoms with E-state index in [2.05, 4.69) is 23.9 Å². The van der Waals surface area contributed by atoms with Gasteiger partial charge in [-0.3, -0.25) is 4.79 Å². The summed E-state index contributed by atoms with van der Waals surface area (Å²) in [5.74, 6) is 0.192. The highest BCUT2D eigenvalue weighted by atomic mass is 32.2. The van der Waals surface area contributed by atoms with E-state index < -0.39 is 10.0 Å². The Morgan fingerprint density at radius 2 is 1.65 bits per heavy atom. The van der Waals surface area contributed by atoms with Crippen LogP contribution in [0.1, 0.15) is 46.8 Å². The van der Waals surface area contributed by atoms with Crippen LogP contribution < -0.4 is 10.0 Å². The van der Waals surface area contributed by atoms with Gasteiger partial charge >= 0.3 is 0 Å². The minimum absolute atomic E-state index is 0.130. The number of aryl methyl sites for hydroxylation is 2. The molecule has 2 aromatic rings. The standard InChI is InChI=1S/C20H26N2O3S/c1-14(2)17-7-9-18(10-8-17)20(23)21-11-12-22-26(24,25)19-13-15(3)5-6-16(19)4/h5-10,13-14,22H,11-12H2,1-4H3,(H,21,23). The Morgan fingerprint density at radius 3 is 2.27 bits per heavy atom. The Morgan fingerprint density at radius 1 is 1.00 bits per heavy atom. The maximum atomic E-state index is 12.4. The van der Waals surface area contributed by atoms with Crippen molar-refractivity contribution in [2.24, 2.45) is 0 Å². The van der Waals surface area contributed by atoms with Gasteiger partial charge < -0.3 is 5.32 Å². The van der Waals surface area contributed by atoms with Crippen LogP contribution in [0.4, 0.5) is 0 Å². The minimum atomic E-state index is -3.59. The van der Waals surface area contributed by atoms with Gasteiger partial charge in [0, 0.05) is 18.7 Å². The number of amides is 1. The molecule has 0 aliphatic rings. The van der Waals surface area contributed by atoms with Crippen molar-refractivity contribution in [1.29, 1.82) is 0 Å². The molecule has 26 heavy (non-hydrogen) atoms. The van der Waals surface area contributed by atoms with Crippen molar-refractivity contribution in [3.63, 3.8) is 0 Å². The first-order valence-electron chi connectivity index (χ1n) is 8.66. The van der Waals surface area contributed by atoms with E-state index in [9.17, 15) is 13.2 Å². The van der Waals surface area contributed by atoms with Crippen LogP contribution in [0.3, 0.4) is 0 Å². The number of carbonyl (C=O) groups excluding carboxylic acids is 1. The molecule has 0 aliphatic carbocycles. The lowest BCUT2D eigenvalue weighted by Gasteiger charge is -2.11. The summed E-state index contributed by atoms with van der Waals surface area (Å²) in [4.78, 5) is 12.4. The number of hydrogen-bond acceptors (Lipinski definition) is 3. The quantitative estimate of drug-likeness (QED) is 0.731. The van der Waals surface area contributed by atoms with Crippen molar-refractivity contribution >= 4 is 15.9 Å². The number of nitrogens with one attached hydrogen (secondary N) is 2. The average Bonchev–Trinajstić information content (AvgIpc) is 2.60. The van der Waals surface area contributed by atoms with Gasteiger partial charge in [0.05, 0.1) is 4.90 Å². The molecular weight excluding hydrogens is 348 g/mol. The summed E-state index contributed by atoms with van der Waals surface area (Å²) < 4.78 is 27.3. The van der Waals surface area contributed by atoms with Crippen molar-refractivity contribution < 1.29 is 13.2 Å². The van der Waals surface area contributed by atoms with E-state index in [0.29, 0.717) is 17.0 Å². The van der Waals surface area contributed by atoms with Crippen molar-refractivity contribution in [3.8, 4) is 0 Å². The Labute approximate surface area is 155 Å². The molecule has 0 saturated heterocycles. The molecule has 0 saturated carbocycles. The maximum Gasteiger partial charge on any atom is 0.251 e. The summed E-state index contributed by atoms with van der Waals surface area (Å²) in [6.07, 6.45) is 0. The van der Waals surface area contributed by atoms with Crippen molar-refractivity contribution in [2.75, 3.05) is 13.1 Å². The molecule has 5 nitrogen and oxygen atoms in total. The van der Waals surface area contributed by atoms with E-state index >= 15 is 0 Å². The van der Waals surface area contributed by atoms with Gasteiger partial charge in [-0.15, -0.1) is 0 Å². The Bertz CT molecular complexity index is 872. The van der Waals surface area contributed by atoms with Gasteiger partial charge in [-0.05, 0) is 54.7 Å². The van der Waals surface area contributed by atoms with Gasteiger partial charge in [0.1, 0.15) is 0 Å². The molecular formula is C20H26N2O3S. The van der Waals surface area contributed by atoms with Crippen LogP contribution in [-0.2, 0) is 10.0 Å². The van der Waals surface area contributed by atoms with Gasteiger partial charge in [0.25, 0.3) is 5.91 Å². The highest BCUT2D eigenvalue weighted by molar-refractivity contribution is 7.89.